The lowest BCUT2D eigenvalue weighted by Crippen LogP contribution is -2.39. The van der Waals surface area contributed by atoms with Gasteiger partial charge in [0.2, 0.25) is 0 Å². The molecule has 0 rings (SSSR count). The van der Waals surface area contributed by atoms with E-state index in [9.17, 15) is 0 Å². The zero-order chi connectivity index (χ0) is 11.9. The first kappa shape index (κ1) is 15.2. The lowest BCUT2D eigenvalue weighted by Gasteiger charge is -2.37. The van der Waals surface area contributed by atoms with Crippen molar-refractivity contribution in [3.63, 3.8) is 0 Å². The van der Waals surface area contributed by atoms with E-state index in [1.165, 1.54) is 38.3 Å². The van der Waals surface area contributed by atoms with Gasteiger partial charge in [0.05, 0.1) is 0 Å². The minimum Gasteiger partial charge on any atom is -0.319 e. The van der Waals surface area contributed by atoms with Gasteiger partial charge in [-0.1, -0.05) is 52.4 Å². The zero-order valence-corrected chi connectivity index (χ0v) is 12.7. The van der Waals surface area contributed by atoms with Crippen molar-refractivity contribution in [2.45, 2.75) is 65.2 Å². The first-order valence-corrected chi connectivity index (χ1v) is 10.2. The van der Waals surface area contributed by atoms with Gasteiger partial charge in [0, 0.05) is 14.6 Å². The molecule has 0 spiro atoms. The van der Waals surface area contributed by atoms with Crippen LogP contribution in [0.4, 0.5) is 0 Å². The fraction of sp³-hybridized carbons (Fsp3) is 1.00. The summed E-state index contributed by atoms with van der Waals surface area (Å²) in [7, 11) is 1.16. The van der Waals surface area contributed by atoms with Crippen molar-refractivity contribution >= 4 is 8.07 Å². The Labute approximate surface area is 98.0 Å². The van der Waals surface area contributed by atoms with Crippen molar-refractivity contribution in [2.24, 2.45) is 5.41 Å². The van der Waals surface area contributed by atoms with Gasteiger partial charge in [-0.15, -0.1) is 0 Å². The molecule has 0 aromatic rings. The average Bonchev–Trinajstić information content (AvgIpc) is 2.12. The Bertz CT molecular complexity index is 162. The van der Waals surface area contributed by atoms with E-state index in [0.29, 0.717) is 5.41 Å². The number of hydrogen-bond acceptors (Lipinski definition) is 1. The van der Waals surface area contributed by atoms with E-state index in [-0.39, 0.29) is 0 Å². The molecule has 92 valence electrons. The standard InChI is InChI=1S/C13H31NSi/c1-7-9-10-13(8-2,11-14-3)12-15(4,5)6/h14H,7-12H2,1-6H3. The first-order valence-electron chi connectivity index (χ1n) is 6.54. The van der Waals surface area contributed by atoms with Crippen LogP contribution in [-0.4, -0.2) is 21.7 Å². The molecule has 0 fully saturated rings. The van der Waals surface area contributed by atoms with E-state index in [1.807, 2.05) is 0 Å². The summed E-state index contributed by atoms with van der Waals surface area (Å²) in [6.07, 6.45) is 5.46. The summed E-state index contributed by atoms with van der Waals surface area (Å²) < 4.78 is 0. The summed E-state index contributed by atoms with van der Waals surface area (Å²) in [4.78, 5) is 0. The molecule has 0 aromatic carbocycles. The van der Waals surface area contributed by atoms with Crippen LogP contribution in [0.5, 0.6) is 0 Å². The largest absolute Gasteiger partial charge is 0.319 e. The van der Waals surface area contributed by atoms with Gasteiger partial charge in [-0.3, -0.25) is 0 Å². The molecule has 0 aliphatic carbocycles. The molecule has 15 heavy (non-hydrogen) atoms. The molecule has 0 aliphatic heterocycles. The fourth-order valence-corrected chi connectivity index (χ4v) is 5.52. The zero-order valence-electron chi connectivity index (χ0n) is 11.7. The molecule has 0 saturated heterocycles. The minimum atomic E-state index is -0.941. The fourth-order valence-electron chi connectivity index (χ4n) is 2.72. The van der Waals surface area contributed by atoms with Crippen LogP contribution in [0.15, 0.2) is 0 Å². The lowest BCUT2D eigenvalue weighted by molar-refractivity contribution is 0.265. The van der Waals surface area contributed by atoms with Crippen molar-refractivity contribution in [3.05, 3.63) is 0 Å². The van der Waals surface area contributed by atoms with E-state index in [2.05, 4.69) is 45.9 Å². The SMILES string of the molecule is CCCCC(CC)(CNC)C[Si](C)(C)C. The molecule has 1 atom stereocenters. The van der Waals surface area contributed by atoms with Gasteiger partial charge in [0.25, 0.3) is 0 Å². The van der Waals surface area contributed by atoms with E-state index in [0.717, 1.165) is 0 Å². The summed E-state index contributed by atoms with van der Waals surface area (Å²) in [5.41, 5.74) is 0.579. The molecule has 0 aliphatic rings. The van der Waals surface area contributed by atoms with E-state index >= 15 is 0 Å². The summed E-state index contributed by atoms with van der Waals surface area (Å²) >= 11 is 0. The number of unbranched alkanes of at least 4 members (excludes halogenated alkanes) is 1. The predicted octanol–water partition coefficient (Wildman–Crippen LogP) is 4.13. The van der Waals surface area contributed by atoms with Gasteiger partial charge < -0.3 is 5.32 Å². The molecular formula is C13H31NSi. The predicted molar refractivity (Wildman–Crippen MR) is 74.3 cm³/mol. The maximum Gasteiger partial charge on any atom is 0.0448 e. The van der Waals surface area contributed by atoms with Crippen molar-refractivity contribution in [3.8, 4) is 0 Å². The Morgan fingerprint density at radius 1 is 1.13 bits per heavy atom. The second kappa shape index (κ2) is 6.69. The second-order valence-corrected chi connectivity index (χ2v) is 11.7. The first-order chi connectivity index (χ1) is 6.89. The van der Waals surface area contributed by atoms with Gasteiger partial charge in [0.15, 0.2) is 0 Å². The summed E-state index contributed by atoms with van der Waals surface area (Å²) in [6, 6.07) is 1.47. The topological polar surface area (TPSA) is 12.0 Å². The molecule has 0 bridgehead atoms. The molecular weight excluding hydrogens is 198 g/mol. The Hall–Kier alpha value is 0.177. The van der Waals surface area contributed by atoms with Gasteiger partial charge in [-0.05, 0) is 25.3 Å². The Kier molecular flexibility index (Phi) is 6.77. The van der Waals surface area contributed by atoms with Crippen LogP contribution in [0.1, 0.15) is 39.5 Å². The molecule has 1 nitrogen and oxygen atoms in total. The van der Waals surface area contributed by atoms with Crippen LogP contribution in [0.25, 0.3) is 0 Å². The van der Waals surface area contributed by atoms with E-state index in [1.54, 1.807) is 0 Å². The molecule has 0 saturated carbocycles. The third-order valence-electron chi connectivity index (χ3n) is 3.27. The number of nitrogens with one attached hydrogen (secondary N) is 1. The smallest absolute Gasteiger partial charge is 0.0448 e. The lowest BCUT2D eigenvalue weighted by atomic mass is 9.82. The Morgan fingerprint density at radius 3 is 2.07 bits per heavy atom. The van der Waals surface area contributed by atoms with Crippen LogP contribution < -0.4 is 5.32 Å². The van der Waals surface area contributed by atoms with Crippen LogP contribution in [0.2, 0.25) is 25.7 Å². The summed E-state index contributed by atoms with van der Waals surface area (Å²) in [6.45, 7) is 13.4. The number of hydrogen-bond donors (Lipinski definition) is 1. The van der Waals surface area contributed by atoms with E-state index in [4.69, 9.17) is 0 Å². The minimum absolute atomic E-state index is 0.579. The monoisotopic (exact) mass is 229 g/mol. The quantitative estimate of drug-likeness (QED) is 0.617. The third kappa shape index (κ3) is 6.36. The van der Waals surface area contributed by atoms with Gasteiger partial charge in [-0.25, -0.2) is 0 Å². The van der Waals surface area contributed by atoms with E-state index < -0.39 is 8.07 Å². The van der Waals surface area contributed by atoms with Gasteiger partial charge in [-0.2, -0.15) is 0 Å². The Morgan fingerprint density at radius 2 is 1.73 bits per heavy atom. The number of rotatable bonds is 8. The second-order valence-electron chi connectivity index (χ2n) is 6.22. The molecule has 0 radical (unpaired) electrons. The highest BCUT2D eigenvalue weighted by atomic mass is 28.3. The maximum atomic E-state index is 3.41. The molecule has 1 N–H and O–H groups in total. The molecule has 1 unspecified atom stereocenters. The third-order valence-corrected chi connectivity index (χ3v) is 5.08. The van der Waals surface area contributed by atoms with Crippen LogP contribution in [0, 0.1) is 5.41 Å². The molecule has 0 aromatic heterocycles. The van der Waals surface area contributed by atoms with Crippen LogP contribution >= 0.6 is 0 Å². The highest BCUT2D eigenvalue weighted by Gasteiger charge is 2.32. The summed E-state index contributed by atoms with van der Waals surface area (Å²) in [5, 5.41) is 3.41. The van der Waals surface area contributed by atoms with Crippen molar-refractivity contribution < 1.29 is 0 Å². The highest BCUT2D eigenvalue weighted by molar-refractivity contribution is 6.76. The van der Waals surface area contributed by atoms with Crippen molar-refractivity contribution in [1.82, 2.24) is 5.32 Å². The van der Waals surface area contributed by atoms with Crippen LogP contribution in [0.3, 0.4) is 0 Å². The van der Waals surface area contributed by atoms with Gasteiger partial charge in [0.1, 0.15) is 0 Å². The normalized spacial score (nSPS) is 16.4. The molecule has 2 heteroatoms. The highest BCUT2D eigenvalue weighted by Crippen LogP contribution is 2.37. The molecule has 0 heterocycles. The van der Waals surface area contributed by atoms with Gasteiger partial charge >= 0.3 is 0 Å². The Balaban J connectivity index is 4.49. The average molecular weight is 229 g/mol. The van der Waals surface area contributed by atoms with Crippen molar-refractivity contribution in [2.75, 3.05) is 13.6 Å². The van der Waals surface area contributed by atoms with Crippen molar-refractivity contribution in [1.29, 1.82) is 0 Å². The maximum absolute atomic E-state index is 3.41. The van der Waals surface area contributed by atoms with Crippen LogP contribution in [-0.2, 0) is 0 Å². The summed E-state index contributed by atoms with van der Waals surface area (Å²) in [5.74, 6) is 0. The molecule has 0 amide bonds.